The molecule has 1 aliphatic heterocycles. The van der Waals surface area contributed by atoms with Crippen molar-refractivity contribution in [3.8, 4) is 0 Å². The number of piperidine rings is 1. The summed E-state index contributed by atoms with van der Waals surface area (Å²) in [7, 11) is 0. The second-order valence-corrected chi connectivity index (χ2v) is 5.39. The first kappa shape index (κ1) is 12.4. The predicted octanol–water partition coefficient (Wildman–Crippen LogP) is 1.70. The Bertz CT molecular complexity index is 641. The summed E-state index contributed by atoms with van der Waals surface area (Å²) in [5.41, 5.74) is 1.96. The van der Waals surface area contributed by atoms with Crippen LogP contribution in [0.5, 0.6) is 0 Å². The van der Waals surface area contributed by atoms with Gasteiger partial charge in [0.15, 0.2) is 0 Å². The number of rotatable bonds is 2. The van der Waals surface area contributed by atoms with E-state index in [1.807, 2.05) is 25.1 Å². The van der Waals surface area contributed by atoms with Crippen LogP contribution in [0.2, 0.25) is 0 Å². The highest BCUT2D eigenvalue weighted by atomic mass is 16.1. The molecule has 1 atom stereocenters. The summed E-state index contributed by atoms with van der Waals surface area (Å²) in [6.45, 7) is 4.85. The molecule has 0 aliphatic carbocycles. The lowest BCUT2D eigenvalue weighted by Crippen LogP contribution is -2.34. The molecule has 1 saturated heterocycles. The Morgan fingerprint density at radius 1 is 1.47 bits per heavy atom. The van der Waals surface area contributed by atoms with Gasteiger partial charge in [-0.05, 0) is 50.4 Å². The Balaban J connectivity index is 1.96. The van der Waals surface area contributed by atoms with E-state index in [0.717, 1.165) is 36.1 Å². The van der Waals surface area contributed by atoms with Crippen LogP contribution in [0.25, 0.3) is 10.9 Å². The quantitative estimate of drug-likeness (QED) is 0.891. The molecule has 1 fully saturated rings. The Morgan fingerprint density at radius 3 is 3.16 bits per heavy atom. The SMILES string of the molecule is Cc1cccc2c(=O)n(CC3CCCNC3)cnc12. The zero-order chi connectivity index (χ0) is 13.2. The molecule has 1 aromatic heterocycles. The molecule has 1 aromatic carbocycles. The number of nitrogens with one attached hydrogen (secondary N) is 1. The summed E-state index contributed by atoms with van der Waals surface area (Å²) >= 11 is 0. The molecule has 0 amide bonds. The minimum atomic E-state index is 0.0827. The summed E-state index contributed by atoms with van der Waals surface area (Å²) in [5, 5.41) is 4.11. The Hall–Kier alpha value is -1.68. The topological polar surface area (TPSA) is 46.9 Å². The van der Waals surface area contributed by atoms with Crippen molar-refractivity contribution in [1.82, 2.24) is 14.9 Å². The summed E-state index contributed by atoms with van der Waals surface area (Å²) in [6.07, 6.45) is 4.08. The molecule has 3 rings (SSSR count). The molecular formula is C15H19N3O. The van der Waals surface area contributed by atoms with Crippen LogP contribution >= 0.6 is 0 Å². The molecular weight excluding hydrogens is 238 g/mol. The highest BCUT2D eigenvalue weighted by Gasteiger charge is 2.15. The van der Waals surface area contributed by atoms with E-state index in [0.29, 0.717) is 5.92 Å². The normalized spacial score (nSPS) is 19.7. The number of aryl methyl sites for hydroxylation is 1. The lowest BCUT2D eigenvalue weighted by atomic mass is 10.00. The summed E-state index contributed by atoms with van der Waals surface area (Å²) in [5.74, 6) is 0.538. The number of para-hydroxylation sites is 1. The van der Waals surface area contributed by atoms with E-state index in [1.165, 1.54) is 12.8 Å². The van der Waals surface area contributed by atoms with Gasteiger partial charge in [0, 0.05) is 6.54 Å². The smallest absolute Gasteiger partial charge is 0.261 e. The zero-order valence-corrected chi connectivity index (χ0v) is 11.2. The molecule has 19 heavy (non-hydrogen) atoms. The van der Waals surface area contributed by atoms with E-state index in [2.05, 4.69) is 10.3 Å². The molecule has 0 saturated carbocycles. The van der Waals surface area contributed by atoms with E-state index in [1.54, 1.807) is 10.9 Å². The molecule has 0 bridgehead atoms. The van der Waals surface area contributed by atoms with Crippen molar-refractivity contribution >= 4 is 10.9 Å². The molecule has 2 aromatic rings. The first-order chi connectivity index (χ1) is 9.25. The van der Waals surface area contributed by atoms with E-state index in [4.69, 9.17) is 0 Å². The van der Waals surface area contributed by atoms with Gasteiger partial charge in [0.2, 0.25) is 0 Å². The number of benzene rings is 1. The predicted molar refractivity (Wildman–Crippen MR) is 76.3 cm³/mol. The fourth-order valence-corrected chi connectivity index (χ4v) is 2.83. The summed E-state index contributed by atoms with van der Waals surface area (Å²) in [4.78, 5) is 16.9. The van der Waals surface area contributed by atoms with Gasteiger partial charge in [-0.25, -0.2) is 4.98 Å². The highest BCUT2D eigenvalue weighted by molar-refractivity contribution is 5.80. The largest absolute Gasteiger partial charge is 0.316 e. The Morgan fingerprint density at radius 2 is 2.37 bits per heavy atom. The van der Waals surface area contributed by atoms with Crippen molar-refractivity contribution in [3.05, 3.63) is 40.4 Å². The molecule has 100 valence electrons. The van der Waals surface area contributed by atoms with Gasteiger partial charge in [0.1, 0.15) is 0 Å². The molecule has 4 nitrogen and oxygen atoms in total. The number of aromatic nitrogens is 2. The van der Waals surface area contributed by atoms with E-state index in [9.17, 15) is 4.79 Å². The van der Waals surface area contributed by atoms with E-state index >= 15 is 0 Å². The van der Waals surface area contributed by atoms with E-state index in [-0.39, 0.29) is 5.56 Å². The van der Waals surface area contributed by atoms with Gasteiger partial charge in [-0.1, -0.05) is 12.1 Å². The maximum absolute atomic E-state index is 12.5. The van der Waals surface area contributed by atoms with Gasteiger partial charge in [0.05, 0.1) is 17.2 Å². The average molecular weight is 257 g/mol. The number of hydrogen-bond acceptors (Lipinski definition) is 3. The second kappa shape index (κ2) is 5.13. The van der Waals surface area contributed by atoms with Crippen LogP contribution in [-0.2, 0) is 6.54 Å². The maximum Gasteiger partial charge on any atom is 0.261 e. The molecule has 1 unspecified atom stereocenters. The lowest BCUT2D eigenvalue weighted by Gasteiger charge is -2.23. The van der Waals surface area contributed by atoms with Gasteiger partial charge in [-0.3, -0.25) is 9.36 Å². The average Bonchev–Trinajstić information content (AvgIpc) is 2.44. The van der Waals surface area contributed by atoms with Crippen molar-refractivity contribution in [2.24, 2.45) is 5.92 Å². The Kier molecular flexibility index (Phi) is 3.34. The van der Waals surface area contributed by atoms with Crippen molar-refractivity contribution in [3.63, 3.8) is 0 Å². The third kappa shape index (κ3) is 2.40. The molecule has 0 radical (unpaired) electrons. The Labute approximate surface area is 112 Å². The molecule has 1 aliphatic rings. The first-order valence-corrected chi connectivity index (χ1v) is 6.91. The van der Waals surface area contributed by atoms with Crippen LogP contribution in [0.1, 0.15) is 18.4 Å². The molecule has 4 heteroatoms. The van der Waals surface area contributed by atoms with Crippen molar-refractivity contribution in [1.29, 1.82) is 0 Å². The van der Waals surface area contributed by atoms with Crippen LogP contribution in [-0.4, -0.2) is 22.6 Å². The maximum atomic E-state index is 12.5. The van der Waals surface area contributed by atoms with Gasteiger partial charge in [0.25, 0.3) is 5.56 Å². The van der Waals surface area contributed by atoms with Gasteiger partial charge in [-0.2, -0.15) is 0 Å². The summed E-state index contributed by atoms with van der Waals surface area (Å²) in [6, 6.07) is 5.78. The van der Waals surface area contributed by atoms with Crippen molar-refractivity contribution < 1.29 is 0 Å². The standard InChI is InChI=1S/C15H19N3O/c1-11-4-2-6-13-14(11)17-10-18(15(13)19)9-12-5-3-7-16-8-12/h2,4,6,10,12,16H,3,5,7-9H2,1H3. The highest BCUT2D eigenvalue weighted by Crippen LogP contribution is 2.14. The minimum absolute atomic E-state index is 0.0827. The van der Waals surface area contributed by atoms with Crippen molar-refractivity contribution in [2.45, 2.75) is 26.3 Å². The third-order valence-corrected chi connectivity index (χ3v) is 3.91. The number of nitrogens with zero attached hydrogens (tertiary/aromatic N) is 2. The number of hydrogen-bond donors (Lipinski definition) is 1. The molecule has 2 heterocycles. The fraction of sp³-hybridized carbons (Fsp3) is 0.467. The second-order valence-electron chi connectivity index (χ2n) is 5.39. The first-order valence-electron chi connectivity index (χ1n) is 6.91. The molecule has 1 N–H and O–H groups in total. The van der Waals surface area contributed by atoms with Crippen LogP contribution in [0.4, 0.5) is 0 Å². The van der Waals surface area contributed by atoms with Gasteiger partial charge >= 0.3 is 0 Å². The zero-order valence-electron chi connectivity index (χ0n) is 11.2. The van der Waals surface area contributed by atoms with Crippen molar-refractivity contribution in [2.75, 3.05) is 13.1 Å². The third-order valence-electron chi connectivity index (χ3n) is 3.91. The lowest BCUT2D eigenvalue weighted by molar-refractivity contribution is 0.333. The van der Waals surface area contributed by atoms with Crippen LogP contribution in [0, 0.1) is 12.8 Å². The minimum Gasteiger partial charge on any atom is -0.316 e. The van der Waals surface area contributed by atoms with Gasteiger partial charge in [-0.15, -0.1) is 0 Å². The summed E-state index contributed by atoms with van der Waals surface area (Å²) < 4.78 is 1.76. The number of fused-ring (bicyclic) bond motifs is 1. The van der Waals surface area contributed by atoms with Gasteiger partial charge < -0.3 is 5.32 Å². The van der Waals surface area contributed by atoms with Crippen LogP contribution < -0.4 is 10.9 Å². The molecule has 0 spiro atoms. The van der Waals surface area contributed by atoms with Crippen LogP contribution in [0.3, 0.4) is 0 Å². The van der Waals surface area contributed by atoms with E-state index < -0.39 is 0 Å². The fourth-order valence-electron chi connectivity index (χ4n) is 2.83. The van der Waals surface area contributed by atoms with Crippen LogP contribution in [0.15, 0.2) is 29.3 Å². The monoisotopic (exact) mass is 257 g/mol.